The number of nitrogens with zero attached hydrogens (tertiary/aromatic N) is 2. The van der Waals surface area contributed by atoms with Gasteiger partial charge in [-0.2, -0.15) is 5.10 Å². The Labute approximate surface area is 53.9 Å². The molecule has 1 N–H and O–H groups in total. The molecule has 3 heteroatoms. The van der Waals surface area contributed by atoms with Crippen LogP contribution in [0, 0.1) is 6.92 Å². The molecule has 0 aromatic carbocycles. The van der Waals surface area contributed by atoms with Crippen LogP contribution in [0.3, 0.4) is 0 Å². The van der Waals surface area contributed by atoms with Crippen molar-refractivity contribution in [1.82, 2.24) is 9.78 Å². The van der Waals surface area contributed by atoms with Crippen LogP contribution in [-0.2, 0) is 13.7 Å². The average Bonchev–Trinajstić information content (AvgIpc) is 2.15. The third-order valence-corrected chi connectivity index (χ3v) is 1.32. The van der Waals surface area contributed by atoms with Crippen molar-refractivity contribution >= 4 is 0 Å². The molecule has 0 aliphatic heterocycles. The average molecular weight is 125 g/mol. The molecule has 0 atom stereocenters. The molecule has 0 aliphatic rings. The van der Waals surface area contributed by atoms with Gasteiger partial charge in [-0.05, 0) is 6.92 Å². The highest BCUT2D eigenvalue weighted by atomic mass is 16.3. The van der Waals surface area contributed by atoms with Crippen molar-refractivity contribution in [1.29, 1.82) is 0 Å². The number of rotatable bonds is 1. The minimum Gasteiger partial charge on any atom is -0.392 e. The number of aliphatic hydroxyl groups excluding tert-OH is 1. The summed E-state index contributed by atoms with van der Waals surface area (Å²) in [7, 11) is 1.79. The lowest BCUT2D eigenvalue weighted by molar-refractivity contribution is 0.281. The van der Waals surface area contributed by atoms with Gasteiger partial charge in [-0.25, -0.2) is 0 Å². The highest BCUT2D eigenvalue weighted by Crippen LogP contribution is 2.03. The molecule has 0 spiro atoms. The van der Waals surface area contributed by atoms with Crippen LogP contribution in [-0.4, -0.2) is 14.9 Å². The predicted octanol–water partition coefficient (Wildman–Crippen LogP) is 0.0946. The number of aliphatic hydroxyl groups is 1. The molecule has 0 bridgehead atoms. The largest absolute Gasteiger partial charge is 0.392 e. The second kappa shape index (κ2) is 2.19. The Balaban J connectivity index is 3.04. The summed E-state index contributed by atoms with van der Waals surface area (Å²) in [6, 6.07) is 0. The molecule has 1 heterocycles. The lowest BCUT2D eigenvalue weighted by Gasteiger charge is -1.93. The SMILES string of the molecule is [CH2]c1c(CO)cnn1C. The van der Waals surface area contributed by atoms with E-state index in [1.165, 1.54) is 0 Å². The van der Waals surface area contributed by atoms with Gasteiger partial charge in [-0.15, -0.1) is 0 Å². The first-order valence-corrected chi connectivity index (χ1v) is 2.69. The minimum atomic E-state index is 0.0205. The third kappa shape index (κ3) is 0.954. The van der Waals surface area contributed by atoms with E-state index < -0.39 is 0 Å². The highest BCUT2D eigenvalue weighted by Gasteiger charge is 1.99. The van der Waals surface area contributed by atoms with Gasteiger partial charge in [-0.1, -0.05) is 0 Å². The van der Waals surface area contributed by atoms with E-state index in [1.54, 1.807) is 17.9 Å². The van der Waals surface area contributed by atoms with Crippen molar-refractivity contribution in [2.45, 2.75) is 6.61 Å². The maximum Gasteiger partial charge on any atom is 0.0715 e. The number of aryl methyl sites for hydroxylation is 1. The Hall–Kier alpha value is -0.830. The molecule has 0 unspecified atom stereocenters. The van der Waals surface area contributed by atoms with E-state index in [0.717, 1.165) is 11.3 Å². The smallest absolute Gasteiger partial charge is 0.0715 e. The van der Waals surface area contributed by atoms with Crippen molar-refractivity contribution in [3.8, 4) is 0 Å². The highest BCUT2D eigenvalue weighted by molar-refractivity contribution is 5.18. The van der Waals surface area contributed by atoms with Gasteiger partial charge in [-0.3, -0.25) is 4.68 Å². The summed E-state index contributed by atoms with van der Waals surface area (Å²) in [5.41, 5.74) is 1.56. The Bertz CT molecular complexity index is 205. The summed E-state index contributed by atoms with van der Waals surface area (Å²) in [6.07, 6.45) is 1.61. The molecule has 1 aromatic heterocycles. The van der Waals surface area contributed by atoms with Gasteiger partial charge in [0.2, 0.25) is 0 Å². The zero-order chi connectivity index (χ0) is 6.85. The van der Waals surface area contributed by atoms with Gasteiger partial charge in [0, 0.05) is 18.3 Å². The number of hydrogen-bond donors (Lipinski definition) is 1. The zero-order valence-corrected chi connectivity index (χ0v) is 5.33. The van der Waals surface area contributed by atoms with Crippen molar-refractivity contribution < 1.29 is 5.11 Å². The molecule has 0 aliphatic carbocycles. The molecule has 1 rings (SSSR count). The number of hydrogen-bond acceptors (Lipinski definition) is 2. The maximum absolute atomic E-state index is 8.64. The Morgan fingerprint density at radius 1 is 1.89 bits per heavy atom. The lowest BCUT2D eigenvalue weighted by Crippen LogP contribution is -1.93. The zero-order valence-electron chi connectivity index (χ0n) is 5.33. The number of aromatic nitrogens is 2. The van der Waals surface area contributed by atoms with Gasteiger partial charge < -0.3 is 5.11 Å². The van der Waals surface area contributed by atoms with Crippen molar-refractivity contribution in [2.75, 3.05) is 0 Å². The maximum atomic E-state index is 8.64. The normalized spacial score (nSPS) is 10.1. The Morgan fingerprint density at radius 2 is 2.56 bits per heavy atom. The fourth-order valence-electron chi connectivity index (χ4n) is 0.640. The van der Waals surface area contributed by atoms with Crippen LogP contribution in [0.1, 0.15) is 11.3 Å². The summed E-state index contributed by atoms with van der Waals surface area (Å²) < 4.78 is 1.63. The second-order valence-electron chi connectivity index (χ2n) is 1.90. The summed E-state index contributed by atoms with van der Waals surface area (Å²) in [5.74, 6) is 0. The first-order valence-electron chi connectivity index (χ1n) is 2.69. The Kier molecular flexibility index (Phi) is 1.53. The quantitative estimate of drug-likeness (QED) is 0.577. The molecular weight excluding hydrogens is 116 g/mol. The van der Waals surface area contributed by atoms with Crippen LogP contribution >= 0.6 is 0 Å². The van der Waals surface area contributed by atoms with Gasteiger partial charge in [0.25, 0.3) is 0 Å². The van der Waals surface area contributed by atoms with Crippen LogP contribution in [0.4, 0.5) is 0 Å². The van der Waals surface area contributed by atoms with Crippen LogP contribution < -0.4 is 0 Å². The fourth-order valence-corrected chi connectivity index (χ4v) is 0.640. The van der Waals surface area contributed by atoms with Crippen LogP contribution in [0.5, 0.6) is 0 Å². The summed E-state index contributed by atoms with van der Waals surface area (Å²) in [5, 5.41) is 12.5. The standard InChI is InChI=1S/C6H9N2O/c1-5-6(4-9)3-7-8(5)2/h3,9H,1,4H2,2H3. The van der Waals surface area contributed by atoms with E-state index in [-0.39, 0.29) is 6.61 Å². The molecule has 49 valence electrons. The van der Waals surface area contributed by atoms with Gasteiger partial charge in [0.15, 0.2) is 0 Å². The van der Waals surface area contributed by atoms with Gasteiger partial charge in [0.1, 0.15) is 0 Å². The first-order chi connectivity index (χ1) is 4.25. The van der Waals surface area contributed by atoms with E-state index >= 15 is 0 Å². The summed E-state index contributed by atoms with van der Waals surface area (Å²) in [6.45, 7) is 3.71. The molecule has 0 saturated carbocycles. The fraction of sp³-hybridized carbons (Fsp3) is 0.333. The van der Waals surface area contributed by atoms with E-state index in [1.807, 2.05) is 0 Å². The summed E-state index contributed by atoms with van der Waals surface area (Å²) in [4.78, 5) is 0. The molecule has 1 radical (unpaired) electrons. The topological polar surface area (TPSA) is 38.1 Å². The third-order valence-electron chi connectivity index (χ3n) is 1.32. The van der Waals surface area contributed by atoms with Crippen LogP contribution in [0.15, 0.2) is 6.20 Å². The van der Waals surface area contributed by atoms with Crippen molar-refractivity contribution in [3.63, 3.8) is 0 Å². The Morgan fingerprint density at radius 3 is 2.78 bits per heavy atom. The predicted molar refractivity (Wildman–Crippen MR) is 33.6 cm³/mol. The second-order valence-corrected chi connectivity index (χ2v) is 1.90. The monoisotopic (exact) mass is 125 g/mol. The molecule has 3 nitrogen and oxygen atoms in total. The van der Waals surface area contributed by atoms with E-state index in [9.17, 15) is 0 Å². The molecular formula is C6H9N2O. The molecule has 0 fully saturated rings. The van der Waals surface area contributed by atoms with Crippen molar-refractivity contribution in [3.05, 3.63) is 24.4 Å². The van der Waals surface area contributed by atoms with E-state index in [0.29, 0.717) is 0 Å². The van der Waals surface area contributed by atoms with E-state index in [4.69, 9.17) is 5.11 Å². The van der Waals surface area contributed by atoms with E-state index in [2.05, 4.69) is 12.0 Å². The van der Waals surface area contributed by atoms with Crippen LogP contribution in [0.2, 0.25) is 0 Å². The van der Waals surface area contributed by atoms with Gasteiger partial charge in [0.05, 0.1) is 12.8 Å². The van der Waals surface area contributed by atoms with Crippen LogP contribution in [0.25, 0.3) is 0 Å². The lowest BCUT2D eigenvalue weighted by atomic mass is 10.3. The first kappa shape index (κ1) is 6.29. The molecule has 0 saturated heterocycles. The molecule has 9 heavy (non-hydrogen) atoms. The molecule has 1 aromatic rings. The molecule has 0 amide bonds. The summed E-state index contributed by atoms with van der Waals surface area (Å²) >= 11 is 0. The van der Waals surface area contributed by atoms with Gasteiger partial charge >= 0.3 is 0 Å². The van der Waals surface area contributed by atoms with Crippen molar-refractivity contribution in [2.24, 2.45) is 7.05 Å². The minimum absolute atomic E-state index is 0.0205.